The molecule has 0 atom stereocenters. The Kier molecular flexibility index (Phi) is 14.8. The Morgan fingerprint density at radius 1 is 0.591 bits per heavy atom. The van der Waals surface area contributed by atoms with Crippen LogP contribution in [0.1, 0.15) is 47.9 Å². The van der Waals surface area contributed by atoms with E-state index in [0.29, 0.717) is 0 Å². The molecule has 0 N–H and O–H groups in total. The first kappa shape index (κ1) is 25.0. The van der Waals surface area contributed by atoms with Crippen LogP contribution in [-0.2, 0) is 69.1 Å². The summed E-state index contributed by atoms with van der Waals surface area (Å²) in [6.07, 6.45) is 10.9. The van der Waals surface area contributed by atoms with Gasteiger partial charge in [0, 0.05) is 0 Å². The van der Waals surface area contributed by atoms with Gasteiger partial charge in [0.2, 0.25) is 0 Å². The number of fused-ring (bicyclic) bond motifs is 2. The predicted molar refractivity (Wildman–Crippen MR) is 77.4 cm³/mol. The van der Waals surface area contributed by atoms with Crippen LogP contribution in [0.25, 0.3) is 0 Å². The molecule has 4 rings (SSSR count). The second-order valence-corrected chi connectivity index (χ2v) is 5.57. The largest absolute Gasteiger partial charge is 2.00 e. The van der Waals surface area contributed by atoms with Gasteiger partial charge >= 0.3 is 43.4 Å². The van der Waals surface area contributed by atoms with Gasteiger partial charge in [-0.25, -0.2) is 12.1 Å². The minimum Gasteiger partial charge on any atom is -1.00 e. The van der Waals surface area contributed by atoms with Gasteiger partial charge < -0.3 is 24.8 Å². The molecule has 2 aliphatic carbocycles. The molecular weight excluding hydrogens is 383 g/mol. The van der Waals surface area contributed by atoms with Crippen molar-refractivity contribution in [3.8, 4) is 0 Å². The maximum Gasteiger partial charge on any atom is 2.00 e. The molecule has 0 saturated heterocycles. The van der Waals surface area contributed by atoms with Crippen LogP contribution in [0.5, 0.6) is 0 Å². The molecule has 4 heteroatoms. The molecule has 2 aromatic carbocycles. The average molecular weight is 405 g/mol. The van der Waals surface area contributed by atoms with Crippen LogP contribution < -0.4 is 24.8 Å². The van der Waals surface area contributed by atoms with Crippen molar-refractivity contribution in [3.05, 3.63) is 58.7 Å². The van der Waals surface area contributed by atoms with Gasteiger partial charge in [0.25, 0.3) is 0 Å². The van der Waals surface area contributed by atoms with E-state index in [1.165, 1.54) is 51.4 Å². The van der Waals surface area contributed by atoms with E-state index in [4.69, 9.17) is 0 Å². The van der Waals surface area contributed by atoms with E-state index in [-0.39, 0.29) is 68.2 Å². The van der Waals surface area contributed by atoms with Crippen molar-refractivity contribution in [1.82, 2.24) is 0 Å². The predicted octanol–water partition coefficient (Wildman–Crippen LogP) is -1.43. The van der Waals surface area contributed by atoms with Gasteiger partial charge in [-0.2, -0.15) is 46.5 Å². The van der Waals surface area contributed by atoms with Crippen molar-refractivity contribution in [2.75, 3.05) is 0 Å². The first-order chi connectivity index (χ1) is 8.93. The molecule has 0 aliphatic heterocycles. The van der Waals surface area contributed by atoms with E-state index >= 15 is 0 Å². The van der Waals surface area contributed by atoms with E-state index in [1.54, 1.807) is 22.3 Å². The monoisotopic (exact) mass is 404 g/mol. The molecule has 22 heavy (non-hydrogen) atoms. The molecule has 116 valence electrons. The summed E-state index contributed by atoms with van der Waals surface area (Å²) in [5.41, 5.74) is 6.39. The molecule has 0 amide bonds. The third kappa shape index (κ3) is 6.68. The van der Waals surface area contributed by atoms with E-state index in [9.17, 15) is 0 Å². The minimum atomic E-state index is 0. The van der Waals surface area contributed by atoms with E-state index in [2.05, 4.69) is 36.4 Å². The Labute approximate surface area is 177 Å². The zero-order chi connectivity index (χ0) is 12.2. The number of hydrogen-bond donors (Lipinski definition) is 0. The smallest absolute Gasteiger partial charge is 1.00 e. The molecule has 0 fully saturated rings. The van der Waals surface area contributed by atoms with Crippen LogP contribution in [0.4, 0.5) is 0 Å². The quantitative estimate of drug-likeness (QED) is 0.373. The fourth-order valence-electron chi connectivity index (χ4n) is 3.23. The SMILES string of the molecule is [Cl-].[Cl-].[Ti+2].[Ti+2].c1cc2c([cH-]1)CCCC2.c1cc2c([cH-]1)CCCC2. The molecule has 0 bridgehead atoms. The normalized spacial score (nSPS) is 14.2. The summed E-state index contributed by atoms with van der Waals surface area (Å²) in [5, 5.41) is 0. The molecule has 0 saturated carbocycles. The molecule has 0 spiro atoms. The molecule has 2 aliphatic rings. The van der Waals surface area contributed by atoms with Crippen LogP contribution in [0.3, 0.4) is 0 Å². The standard InChI is InChI=1S/2C9H11.2ClH.2Ti/c2*1-2-5-9-7-3-6-8(9)4-1;;;;/h2*3,6-7H,1-2,4-5H2;2*1H;;/q2*-1;;;2*+2/p-2. The van der Waals surface area contributed by atoms with E-state index in [0.717, 1.165) is 0 Å². The van der Waals surface area contributed by atoms with Gasteiger partial charge in [-0.15, -0.1) is 0 Å². The molecule has 0 aromatic heterocycles. The number of halogens is 2. The van der Waals surface area contributed by atoms with Crippen LogP contribution in [0.2, 0.25) is 0 Å². The van der Waals surface area contributed by atoms with Gasteiger partial charge in [-0.05, 0) is 0 Å². The van der Waals surface area contributed by atoms with Gasteiger partial charge in [-0.1, -0.05) is 51.4 Å². The number of aryl methyl sites for hydroxylation is 4. The third-order valence-electron chi connectivity index (χ3n) is 4.30. The molecule has 0 heterocycles. The van der Waals surface area contributed by atoms with Crippen molar-refractivity contribution in [1.29, 1.82) is 0 Å². The summed E-state index contributed by atoms with van der Waals surface area (Å²) >= 11 is 0. The van der Waals surface area contributed by atoms with Gasteiger partial charge in [0.05, 0.1) is 0 Å². The molecule has 2 aromatic rings. The summed E-state index contributed by atoms with van der Waals surface area (Å²) < 4.78 is 0. The molecular formula is C18H22Cl2Ti2. The Bertz CT molecular complexity index is 415. The summed E-state index contributed by atoms with van der Waals surface area (Å²) in [7, 11) is 0. The zero-order valence-electron chi connectivity index (χ0n) is 12.9. The Balaban J connectivity index is 0. The molecule has 0 unspecified atom stereocenters. The average Bonchev–Trinajstić information content (AvgIpc) is 3.08. The van der Waals surface area contributed by atoms with Crippen molar-refractivity contribution in [2.24, 2.45) is 0 Å². The van der Waals surface area contributed by atoms with Crippen LogP contribution in [0.15, 0.2) is 36.4 Å². The summed E-state index contributed by atoms with van der Waals surface area (Å²) in [4.78, 5) is 0. The van der Waals surface area contributed by atoms with Crippen molar-refractivity contribution < 1.29 is 68.2 Å². The summed E-state index contributed by atoms with van der Waals surface area (Å²) in [6, 6.07) is 13.4. The van der Waals surface area contributed by atoms with Crippen LogP contribution >= 0.6 is 0 Å². The third-order valence-corrected chi connectivity index (χ3v) is 4.30. The van der Waals surface area contributed by atoms with Gasteiger partial charge in [0.1, 0.15) is 0 Å². The fourth-order valence-corrected chi connectivity index (χ4v) is 3.23. The van der Waals surface area contributed by atoms with Crippen LogP contribution in [0, 0.1) is 0 Å². The van der Waals surface area contributed by atoms with Crippen LogP contribution in [-0.4, -0.2) is 0 Å². The Morgan fingerprint density at radius 2 is 0.955 bits per heavy atom. The second kappa shape index (κ2) is 13.1. The van der Waals surface area contributed by atoms with Crippen molar-refractivity contribution in [2.45, 2.75) is 51.4 Å². The first-order valence-electron chi connectivity index (χ1n) is 7.40. The maximum atomic E-state index is 2.26. The molecule has 0 nitrogen and oxygen atoms in total. The molecule has 0 radical (unpaired) electrons. The van der Waals surface area contributed by atoms with Crippen molar-refractivity contribution in [3.63, 3.8) is 0 Å². The second-order valence-electron chi connectivity index (χ2n) is 5.57. The van der Waals surface area contributed by atoms with Crippen molar-refractivity contribution >= 4 is 0 Å². The topological polar surface area (TPSA) is 0 Å². The summed E-state index contributed by atoms with van der Waals surface area (Å²) in [6.45, 7) is 0. The minimum absolute atomic E-state index is 0. The van der Waals surface area contributed by atoms with Gasteiger partial charge in [0.15, 0.2) is 0 Å². The Hall–Kier alpha value is 0.709. The Morgan fingerprint density at radius 3 is 1.32 bits per heavy atom. The van der Waals surface area contributed by atoms with E-state index < -0.39 is 0 Å². The maximum absolute atomic E-state index is 2.26. The fraction of sp³-hybridized carbons (Fsp3) is 0.444. The number of hydrogen-bond acceptors (Lipinski definition) is 0. The number of rotatable bonds is 0. The summed E-state index contributed by atoms with van der Waals surface area (Å²) in [5.74, 6) is 0. The van der Waals surface area contributed by atoms with E-state index in [1.807, 2.05) is 0 Å². The van der Waals surface area contributed by atoms with Gasteiger partial charge in [-0.3, -0.25) is 0 Å². The first-order valence-corrected chi connectivity index (χ1v) is 7.40. The zero-order valence-corrected chi connectivity index (χ0v) is 17.5.